The van der Waals surface area contributed by atoms with Gasteiger partial charge < -0.3 is 10.4 Å². The molecule has 0 spiro atoms. The zero-order chi connectivity index (χ0) is 13.8. The van der Waals surface area contributed by atoms with Gasteiger partial charge in [0.15, 0.2) is 0 Å². The van der Waals surface area contributed by atoms with Gasteiger partial charge in [0.25, 0.3) is 5.91 Å². The Balaban J connectivity index is 2.28. The molecule has 0 aromatic heterocycles. The highest BCUT2D eigenvalue weighted by Gasteiger charge is 2.12. The average molecular weight is 320 g/mol. The lowest BCUT2D eigenvalue weighted by atomic mass is 10.1. The van der Waals surface area contributed by atoms with E-state index in [9.17, 15) is 9.90 Å². The van der Waals surface area contributed by atoms with Gasteiger partial charge in [-0.3, -0.25) is 4.79 Å². The third-order valence-corrected chi connectivity index (χ3v) is 3.34. The predicted molar refractivity (Wildman–Crippen MR) is 79.6 cm³/mol. The van der Waals surface area contributed by atoms with Crippen LogP contribution in [0.1, 0.15) is 22.8 Å². The summed E-state index contributed by atoms with van der Waals surface area (Å²) in [6, 6.07) is 12.4. The second-order valence-corrected chi connectivity index (χ2v) is 5.04. The van der Waals surface area contributed by atoms with E-state index in [0.29, 0.717) is 0 Å². The topological polar surface area (TPSA) is 49.3 Å². The van der Waals surface area contributed by atoms with Crippen LogP contribution < -0.4 is 5.32 Å². The Morgan fingerprint density at radius 1 is 1.26 bits per heavy atom. The van der Waals surface area contributed by atoms with Crippen molar-refractivity contribution in [3.05, 3.63) is 58.1 Å². The minimum Gasteiger partial charge on any atom is -0.507 e. The number of aromatic hydroxyl groups is 1. The quantitative estimate of drug-likeness (QED) is 0.899. The van der Waals surface area contributed by atoms with E-state index in [1.807, 2.05) is 31.2 Å². The zero-order valence-corrected chi connectivity index (χ0v) is 12.1. The van der Waals surface area contributed by atoms with Crippen LogP contribution in [0, 0.1) is 0 Å². The number of phenolic OH excluding ortho intramolecular Hbond substituents is 1. The summed E-state index contributed by atoms with van der Waals surface area (Å²) in [5.41, 5.74) is 2.08. The smallest absolute Gasteiger partial charge is 0.259 e. The van der Waals surface area contributed by atoms with Crippen molar-refractivity contribution in [3.63, 3.8) is 0 Å². The maximum Gasteiger partial charge on any atom is 0.259 e. The highest BCUT2D eigenvalue weighted by atomic mass is 79.9. The Labute approximate surface area is 120 Å². The Hall–Kier alpha value is -1.81. The fraction of sp³-hybridized carbons (Fsp3) is 0.133. The lowest BCUT2D eigenvalue weighted by Crippen LogP contribution is -2.13. The molecule has 0 unspecified atom stereocenters. The van der Waals surface area contributed by atoms with E-state index >= 15 is 0 Å². The number of anilines is 1. The van der Waals surface area contributed by atoms with Crippen molar-refractivity contribution >= 4 is 27.5 Å². The van der Waals surface area contributed by atoms with Gasteiger partial charge in [-0.05, 0) is 36.2 Å². The number of carbonyl (C=O) groups is 1. The Morgan fingerprint density at radius 2 is 2.00 bits per heavy atom. The summed E-state index contributed by atoms with van der Waals surface area (Å²) < 4.78 is 0.749. The maximum atomic E-state index is 12.2. The van der Waals surface area contributed by atoms with Crippen molar-refractivity contribution in [2.75, 3.05) is 5.32 Å². The number of phenols is 1. The first-order valence-corrected chi connectivity index (χ1v) is 6.79. The minimum atomic E-state index is -0.320. The molecule has 3 nitrogen and oxygen atoms in total. The van der Waals surface area contributed by atoms with Crippen molar-refractivity contribution in [2.45, 2.75) is 13.3 Å². The first-order chi connectivity index (χ1) is 9.11. The summed E-state index contributed by atoms with van der Waals surface area (Å²) in [5, 5.41) is 12.6. The number of hydrogen-bond acceptors (Lipinski definition) is 2. The molecule has 2 aromatic rings. The number of carbonyl (C=O) groups excluding carboxylic acids is 1. The molecule has 0 saturated carbocycles. The van der Waals surface area contributed by atoms with Gasteiger partial charge in [-0.1, -0.05) is 41.1 Å². The SMILES string of the molecule is CCc1ccccc1NC(=O)c1cc(Br)ccc1O. The van der Waals surface area contributed by atoms with Gasteiger partial charge in [0.1, 0.15) is 5.75 Å². The lowest BCUT2D eigenvalue weighted by Gasteiger charge is -2.10. The van der Waals surface area contributed by atoms with Crippen LogP contribution in [0.5, 0.6) is 5.75 Å². The van der Waals surface area contributed by atoms with Crippen LogP contribution in [0.15, 0.2) is 46.9 Å². The third kappa shape index (κ3) is 3.15. The van der Waals surface area contributed by atoms with E-state index in [0.717, 1.165) is 22.1 Å². The lowest BCUT2D eigenvalue weighted by molar-refractivity contribution is 0.102. The molecule has 2 N–H and O–H groups in total. The number of hydrogen-bond donors (Lipinski definition) is 2. The van der Waals surface area contributed by atoms with Gasteiger partial charge >= 0.3 is 0 Å². The predicted octanol–water partition coefficient (Wildman–Crippen LogP) is 3.97. The van der Waals surface area contributed by atoms with Crippen molar-refractivity contribution in [3.8, 4) is 5.75 Å². The third-order valence-electron chi connectivity index (χ3n) is 2.85. The molecule has 0 aliphatic rings. The van der Waals surface area contributed by atoms with Crippen LogP contribution in [0.4, 0.5) is 5.69 Å². The average Bonchev–Trinajstić information content (AvgIpc) is 2.42. The van der Waals surface area contributed by atoms with Gasteiger partial charge in [-0.15, -0.1) is 0 Å². The molecule has 0 radical (unpaired) electrons. The fourth-order valence-corrected chi connectivity index (χ4v) is 2.19. The van der Waals surface area contributed by atoms with Gasteiger partial charge in [-0.25, -0.2) is 0 Å². The molecule has 0 aliphatic heterocycles. The van der Waals surface area contributed by atoms with Crippen LogP contribution in [-0.4, -0.2) is 11.0 Å². The molecule has 0 bridgehead atoms. The molecule has 1 amide bonds. The van der Waals surface area contributed by atoms with E-state index in [4.69, 9.17) is 0 Å². The van der Waals surface area contributed by atoms with Gasteiger partial charge in [0.2, 0.25) is 0 Å². The number of nitrogens with one attached hydrogen (secondary N) is 1. The molecule has 0 fully saturated rings. The first kappa shape index (κ1) is 13.6. The number of benzene rings is 2. The Bertz CT molecular complexity index is 611. The zero-order valence-electron chi connectivity index (χ0n) is 10.5. The second kappa shape index (κ2) is 5.89. The largest absolute Gasteiger partial charge is 0.507 e. The number of rotatable bonds is 3. The molecule has 2 rings (SSSR count). The Kier molecular flexibility index (Phi) is 4.22. The van der Waals surface area contributed by atoms with Gasteiger partial charge in [0.05, 0.1) is 5.56 Å². The molecule has 0 heterocycles. The molecule has 0 saturated heterocycles. The van der Waals surface area contributed by atoms with Crippen LogP contribution in [0.3, 0.4) is 0 Å². The molecule has 19 heavy (non-hydrogen) atoms. The summed E-state index contributed by atoms with van der Waals surface area (Å²) in [6.45, 7) is 2.03. The van der Waals surface area contributed by atoms with Gasteiger partial charge in [0, 0.05) is 10.2 Å². The summed E-state index contributed by atoms with van der Waals surface area (Å²) >= 11 is 3.29. The molecule has 0 atom stereocenters. The van der Waals surface area contributed by atoms with Crippen LogP contribution in [-0.2, 0) is 6.42 Å². The summed E-state index contributed by atoms with van der Waals surface area (Å²) in [6.07, 6.45) is 0.834. The summed E-state index contributed by atoms with van der Waals surface area (Å²) in [5.74, 6) is -0.352. The van der Waals surface area contributed by atoms with Crippen LogP contribution in [0.25, 0.3) is 0 Å². The van der Waals surface area contributed by atoms with E-state index in [-0.39, 0.29) is 17.2 Å². The van der Waals surface area contributed by atoms with E-state index < -0.39 is 0 Å². The number of amides is 1. The Morgan fingerprint density at radius 3 is 2.74 bits per heavy atom. The number of halogens is 1. The summed E-state index contributed by atoms with van der Waals surface area (Å²) in [4.78, 5) is 12.2. The normalized spacial score (nSPS) is 10.2. The highest BCUT2D eigenvalue weighted by Crippen LogP contribution is 2.24. The molecular weight excluding hydrogens is 306 g/mol. The molecule has 2 aromatic carbocycles. The summed E-state index contributed by atoms with van der Waals surface area (Å²) in [7, 11) is 0. The van der Waals surface area contributed by atoms with Crippen molar-refractivity contribution in [2.24, 2.45) is 0 Å². The maximum absolute atomic E-state index is 12.2. The minimum absolute atomic E-state index is 0.0327. The van der Waals surface area contributed by atoms with E-state index in [2.05, 4.69) is 21.2 Å². The van der Waals surface area contributed by atoms with Crippen molar-refractivity contribution in [1.29, 1.82) is 0 Å². The fourth-order valence-electron chi connectivity index (χ4n) is 1.83. The second-order valence-electron chi connectivity index (χ2n) is 4.13. The molecule has 0 aliphatic carbocycles. The van der Waals surface area contributed by atoms with Gasteiger partial charge in [-0.2, -0.15) is 0 Å². The monoisotopic (exact) mass is 319 g/mol. The number of para-hydroxylation sites is 1. The molecular formula is C15H14BrNO2. The highest BCUT2D eigenvalue weighted by molar-refractivity contribution is 9.10. The number of aryl methyl sites for hydroxylation is 1. The van der Waals surface area contributed by atoms with Crippen LogP contribution in [0.2, 0.25) is 0 Å². The standard InChI is InChI=1S/C15H14BrNO2/c1-2-10-5-3-4-6-13(10)17-15(19)12-9-11(16)7-8-14(12)18/h3-9,18H,2H2,1H3,(H,17,19). The van der Waals surface area contributed by atoms with Crippen molar-refractivity contribution in [1.82, 2.24) is 0 Å². The van der Waals surface area contributed by atoms with Crippen molar-refractivity contribution < 1.29 is 9.90 Å². The van der Waals surface area contributed by atoms with E-state index in [1.54, 1.807) is 12.1 Å². The van der Waals surface area contributed by atoms with Crippen LogP contribution >= 0.6 is 15.9 Å². The first-order valence-electron chi connectivity index (χ1n) is 5.99. The van der Waals surface area contributed by atoms with E-state index in [1.165, 1.54) is 6.07 Å². The molecule has 4 heteroatoms. The molecule has 98 valence electrons.